The van der Waals surface area contributed by atoms with Crippen LogP contribution in [0, 0.1) is 0 Å². The fourth-order valence-corrected chi connectivity index (χ4v) is 1.57. The van der Waals surface area contributed by atoms with Gasteiger partial charge in [0.15, 0.2) is 0 Å². The molecule has 1 atom stereocenters. The SMILES string of the molecule is CN1C(=O)CCCC1CC(=O)NN. The van der Waals surface area contributed by atoms with Crippen molar-refractivity contribution in [3.8, 4) is 0 Å². The highest BCUT2D eigenvalue weighted by molar-refractivity contribution is 5.80. The highest BCUT2D eigenvalue weighted by Gasteiger charge is 2.26. The number of nitrogens with zero attached hydrogens (tertiary/aromatic N) is 1. The molecule has 1 fully saturated rings. The Morgan fingerprint density at radius 1 is 1.77 bits per heavy atom. The second kappa shape index (κ2) is 4.23. The number of hydrazine groups is 1. The summed E-state index contributed by atoms with van der Waals surface area (Å²) in [5.74, 6) is 4.86. The molecule has 74 valence electrons. The summed E-state index contributed by atoms with van der Waals surface area (Å²) in [5, 5.41) is 0. The standard InChI is InChI=1S/C8H15N3O2/c1-11-6(5-7(12)10-9)3-2-4-8(11)13/h6H,2-5,9H2,1H3,(H,10,12). The van der Waals surface area contributed by atoms with Gasteiger partial charge in [0, 0.05) is 25.9 Å². The molecule has 0 bridgehead atoms. The topological polar surface area (TPSA) is 75.4 Å². The lowest BCUT2D eigenvalue weighted by Crippen LogP contribution is -2.44. The van der Waals surface area contributed by atoms with Crippen LogP contribution in [0.25, 0.3) is 0 Å². The highest BCUT2D eigenvalue weighted by atomic mass is 16.2. The number of likely N-dealkylation sites (tertiary alicyclic amines) is 1. The molecule has 5 nitrogen and oxygen atoms in total. The van der Waals surface area contributed by atoms with Gasteiger partial charge >= 0.3 is 0 Å². The summed E-state index contributed by atoms with van der Waals surface area (Å²) in [6, 6.07) is 0.0183. The van der Waals surface area contributed by atoms with E-state index in [1.54, 1.807) is 11.9 Å². The molecule has 0 aliphatic carbocycles. The molecule has 0 aromatic heterocycles. The average Bonchev–Trinajstić information content (AvgIpc) is 2.13. The first kappa shape index (κ1) is 9.98. The number of rotatable bonds is 2. The van der Waals surface area contributed by atoms with Gasteiger partial charge in [-0.1, -0.05) is 0 Å². The smallest absolute Gasteiger partial charge is 0.235 e. The number of amides is 2. The van der Waals surface area contributed by atoms with Crippen LogP contribution >= 0.6 is 0 Å². The fourth-order valence-electron chi connectivity index (χ4n) is 1.57. The Kier molecular flexibility index (Phi) is 3.25. The van der Waals surface area contributed by atoms with Crippen molar-refractivity contribution in [2.45, 2.75) is 31.7 Å². The van der Waals surface area contributed by atoms with Crippen molar-refractivity contribution in [3.63, 3.8) is 0 Å². The van der Waals surface area contributed by atoms with Gasteiger partial charge in [-0.15, -0.1) is 0 Å². The largest absolute Gasteiger partial charge is 0.342 e. The molecule has 1 unspecified atom stereocenters. The van der Waals surface area contributed by atoms with Crippen molar-refractivity contribution in [1.29, 1.82) is 0 Å². The molecular weight excluding hydrogens is 170 g/mol. The van der Waals surface area contributed by atoms with Crippen molar-refractivity contribution in [2.24, 2.45) is 5.84 Å². The van der Waals surface area contributed by atoms with Crippen LogP contribution in [0.1, 0.15) is 25.7 Å². The van der Waals surface area contributed by atoms with Crippen LogP contribution in [-0.4, -0.2) is 29.8 Å². The molecule has 0 radical (unpaired) electrons. The van der Waals surface area contributed by atoms with Gasteiger partial charge in [0.25, 0.3) is 0 Å². The molecule has 5 heteroatoms. The zero-order chi connectivity index (χ0) is 9.84. The van der Waals surface area contributed by atoms with Gasteiger partial charge in [-0.2, -0.15) is 0 Å². The molecule has 0 aromatic carbocycles. The minimum Gasteiger partial charge on any atom is -0.342 e. The van der Waals surface area contributed by atoms with E-state index in [4.69, 9.17) is 5.84 Å². The molecule has 0 spiro atoms. The number of nitrogens with two attached hydrogens (primary N) is 1. The maximum absolute atomic E-state index is 11.2. The predicted octanol–water partition coefficient (Wildman–Crippen LogP) is -0.623. The maximum Gasteiger partial charge on any atom is 0.235 e. The fraction of sp³-hybridized carbons (Fsp3) is 0.750. The quantitative estimate of drug-likeness (QED) is 0.342. The van der Waals surface area contributed by atoms with Crippen LogP contribution in [0.15, 0.2) is 0 Å². The highest BCUT2D eigenvalue weighted by Crippen LogP contribution is 2.18. The van der Waals surface area contributed by atoms with E-state index in [9.17, 15) is 9.59 Å². The Balaban J connectivity index is 2.48. The van der Waals surface area contributed by atoms with Gasteiger partial charge in [-0.25, -0.2) is 5.84 Å². The number of piperidine rings is 1. The third kappa shape index (κ3) is 2.42. The van der Waals surface area contributed by atoms with Crippen LogP contribution in [0.5, 0.6) is 0 Å². The molecule has 1 saturated heterocycles. The lowest BCUT2D eigenvalue weighted by Gasteiger charge is -2.31. The van der Waals surface area contributed by atoms with Gasteiger partial charge in [0.05, 0.1) is 0 Å². The Hall–Kier alpha value is -1.10. The van der Waals surface area contributed by atoms with Crippen LogP contribution in [0.3, 0.4) is 0 Å². The molecule has 0 saturated carbocycles. The van der Waals surface area contributed by atoms with Gasteiger partial charge in [-0.05, 0) is 12.8 Å². The first-order chi connectivity index (χ1) is 6.15. The molecule has 1 aliphatic rings. The zero-order valence-electron chi connectivity index (χ0n) is 7.75. The molecule has 1 aliphatic heterocycles. The summed E-state index contributed by atoms with van der Waals surface area (Å²) in [6.07, 6.45) is 2.65. The van der Waals surface area contributed by atoms with Gasteiger partial charge in [-0.3, -0.25) is 15.0 Å². The minimum absolute atomic E-state index is 0.0183. The van der Waals surface area contributed by atoms with Crippen LogP contribution in [0.4, 0.5) is 0 Å². The second-order valence-corrected chi connectivity index (χ2v) is 3.32. The normalized spacial score (nSPS) is 23.1. The molecular formula is C8H15N3O2. The molecule has 13 heavy (non-hydrogen) atoms. The summed E-state index contributed by atoms with van der Waals surface area (Å²) >= 11 is 0. The number of nitrogens with one attached hydrogen (secondary N) is 1. The van der Waals surface area contributed by atoms with E-state index in [2.05, 4.69) is 5.43 Å². The summed E-state index contributed by atoms with van der Waals surface area (Å²) < 4.78 is 0. The Morgan fingerprint density at radius 3 is 3.08 bits per heavy atom. The molecule has 2 amide bonds. The van der Waals surface area contributed by atoms with Crippen molar-refractivity contribution < 1.29 is 9.59 Å². The monoisotopic (exact) mass is 185 g/mol. The summed E-state index contributed by atoms with van der Waals surface area (Å²) in [4.78, 5) is 23.8. The third-order valence-corrected chi connectivity index (χ3v) is 2.45. The van der Waals surface area contributed by atoms with Gasteiger partial charge in [0.2, 0.25) is 11.8 Å². The van der Waals surface area contributed by atoms with Crippen molar-refractivity contribution >= 4 is 11.8 Å². The van der Waals surface area contributed by atoms with Crippen LogP contribution < -0.4 is 11.3 Å². The molecule has 1 rings (SSSR count). The first-order valence-corrected chi connectivity index (χ1v) is 4.40. The zero-order valence-corrected chi connectivity index (χ0v) is 7.75. The van der Waals surface area contributed by atoms with Crippen molar-refractivity contribution in [3.05, 3.63) is 0 Å². The Labute approximate surface area is 77.2 Å². The summed E-state index contributed by atoms with van der Waals surface area (Å²) in [5.41, 5.74) is 2.07. The summed E-state index contributed by atoms with van der Waals surface area (Å²) in [7, 11) is 1.73. The lowest BCUT2D eigenvalue weighted by atomic mass is 9.99. The van der Waals surface area contributed by atoms with Gasteiger partial charge in [0.1, 0.15) is 0 Å². The molecule has 1 heterocycles. The van der Waals surface area contributed by atoms with E-state index in [-0.39, 0.29) is 17.9 Å². The second-order valence-electron chi connectivity index (χ2n) is 3.32. The Bertz CT molecular complexity index is 217. The lowest BCUT2D eigenvalue weighted by molar-refractivity contribution is -0.135. The van der Waals surface area contributed by atoms with E-state index >= 15 is 0 Å². The minimum atomic E-state index is -0.216. The molecule has 3 N–H and O–H groups in total. The third-order valence-electron chi connectivity index (χ3n) is 2.45. The van der Waals surface area contributed by atoms with E-state index in [1.165, 1.54) is 0 Å². The predicted molar refractivity (Wildman–Crippen MR) is 47.4 cm³/mol. The van der Waals surface area contributed by atoms with E-state index in [0.29, 0.717) is 12.8 Å². The number of hydrogen-bond donors (Lipinski definition) is 2. The number of hydrogen-bond acceptors (Lipinski definition) is 3. The van der Waals surface area contributed by atoms with Crippen molar-refractivity contribution in [2.75, 3.05) is 7.05 Å². The number of carbonyl (C=O) groups is 2. The van der Waals surface area contributed by atoms with E-state index < -0.39 is 0 Å². The average molecular weight is 185 g/mol. The maximum atomic E-state index is 11.2. The summed E-state index contributed by atoms with van der Waals surface area (Å²) in [6.45, 7) is 0. The van der Waals surface area contributed by atoms with E-state index in [1.807, 2.05) is 0 Å². The van der Waals surface area contributed by atoms with Crippen LogP contribution in [0.2, 0.25) is 0 Å². The van der Waals surface area contributed by atoms with E-state index in [0.717, 1.165) is 12.8 Å². The Morgan fingerprint density at radius 2 is 2.46 bits per heavy atom. The van der Waals surface area contributed by atoms with Crippen molar-refractivity contribution in [1.82, 2.24) is 10.3 Å². The molecule has 0 aromatic rings. The van der Waals surface area contributed by atoms with Gasteiger partial charge < -0.3 is 4.90 Å². The van der Waals surface area contributed by atoms with Crippen LogP contribution in [-0.2, 0) is 9.59 Å². The first-order valence-electron chi connectivity index (χ1n) is 4.40. The number of carbonyl (C=O) groups excluding carboxylic acids is 2.